The normalized spacial score (nSPS) is 18.9. The molecule has 0 aliphatic carbocycles. The lowest BCUT2D eigenvalue weighted by Crippen LogP contribution is -2.46. The first-order chi connectivity index (χ1) is 12.9. The number of amides is 6. The molecule has 0 spiro atoms. The van der Waals surface area contributed by atoms with Crippen molar-refractivity contribution < 1.29 is 23.6 Å². The maximum atomic E-state index is 12.7. The summed E-state index contributed by atoms with van der Waals surface area (Å²) in [6.45, 7) is 1.10. The Kier molecular flexibility index (Phi) is 4.93. The van der Waals surface area contributed by atoms with Gasteiger partial charge in [0.15, 0.2) is 0 Å². The number of hydrogen-bond acceptors (Lipinski definition) is 5. The summed E-state index contributed by atoms with van der Waals surface area (Å²) in [6.07, 6.45) is 1.46. The van der Waals surface area contributed by atoms with Crippen LogP contribution in [0.5, 0.6) is 0 Å². The Bertz CT molecular complexity index is 865. The Morgan fingerprint density at radius 1 is 1.15 bits per heavy atom. The molecular weight excluding hydrogens is 352 g/mol. The number of benzene rings is 1. The number of nitrogens with zero attached hydrogens (tertiary/aromatic N) is 1. The molecule has 1 atom stereocenters. The third-order valence-electron chi connectivity index (χ3n) is 4.18. The Labute approximate surface area is 154 Å². The molecule has 9 nitrogen and oxygen atoms in total. The zero-order valence-electron chi connectivity index (χ0n) is 14.5. The maximum absolute atomic E-state index is 12.7. The average molecular weight is 370 g/mol. The van der Waals surface area contributed by atoms with E-state index in [1.807, 2.05) is 0 Å². The molecule has 6 amide bonds. The van der Waals surface area contributed by atoms with E-state index in [0.717, 1.165) is 4.90 Å². The van der Waals surface area contributed by atoms with Crippen molar-refractivity contribution in [1.29, 1.82) is 0 Å². The molecule has 0 unspecified atom stereocenters. The molecule has 2 heterocycles. The number of imide groups is 2. The van der Waals surface area contributed by atoms with Gasteiger partial charge in [-0.05, 0) is 24.6 Å². The van der Waals surface area contributed by atoms with Crippen LogP contribution in [0.15, 0.2) is 53.1 Å². The molecule has 1 aromatic heterocycles. The van der Waals surface area contributed by atoms with E-state index in [1.165, 1.54) is 6.26 Å². The SMILES string of the molecule is C[C@]1(c2ccccc2)NC(=O)N(CC(=O)NC(=O)NCc2ccco2)C1=O. The summed E-state index contributed by atoms with van der Waals surface area (Å²) < 4.78 is 5.06. The predicted molar refractivity (Wildman–Crippen MR) is 93.1 cm³/mol. The highest BCUT2D eigenvalue weighted by atomic mass is 16.3. The first kappa shape index (κ1) is 18.2. The molecule has 1 saturated heterocycles. The van der Waals surface area contributed by atoms with Crippen LogP contribution < -0.4 is 16.0 Å². The van der Waals surface area contributed by atoms with Crippen molar-refractivity contribution in [2.45, 2.75) is 19.0 Å². The smallest absolute Gasteiger partial charge is 0.325 e. The van der Waals surface area contributed by atoms with Gasteiger partial charge in [0.05, 0.1) is 12.8 Å². The number of urea groups is 2. The van der Waals surface area contributed by atoms with Crippen molar-refractivity contribution in [1.82, 2.24) is 20.9 Å². The second-order valence-electron chi connectivity index (χ2n) is 6.12. The Morgan fingerprint density at radius 3 is 2.56 bits per heavy atom. The van der Waals surface area contributed by atoms with Gasteiger partial charge in [0.1, 0.15) is 17.8 Å². The summed E-state index contributed by atoms with van der Waals surface area (Å²) in [5.74, 6) is -0.831. The van der Waals surface area contributed by atoms with Crippen LogP contribution in [0.1, 0.15) is 18.2 Å². The highest BCUT2D eigenvalue weighted by Crippen LogP contribution is 2.28. The van der Waals surface area contributed by atoms with Gasteiger partial charge in [0, 0.05) is 0 Å². The van der Waals surface area contributed by atoms with Crippen molar-refractivity contribution in [3.8, 4) is 0 Å². The van der Waals surface area contributed by atoms with E-state index in [-0.39, 0.29) is 6.54 Å². The average Bonchev–Trinajstić information content (AvgIpc) is 3.24. The molecule has 1 aromatic carbocycles. The fraction of sp³-hybridized carbons (Fsp3) is 0.222. The maximum Gasteiger partial charge on any atom is 0.325 e. The van der Waals surface area contributed by atoms with Gasteiger partial charge < -0.3 is 15.1 Å². The van der Waals surface area contributed by atoms with Crippen LogP contribution in [0.2, 0.25) is 0 Å². The number of furan rings is 1. The third-order valence-corrected chi connectivity index (χ3v) is 4.18. The van der Waals surface area contributed by atoms with Crippen LogP contribution in [-0.2, 0) is 21.7 Å². The molecule has 1 aliphatic rings. The van der Waals surface area contributed by atoms with Crippen molar-refractivity contribution in [2.24, 2.45) is 0 Å². The summed E-state index contributed by atoms with van der Waals surface area (Å²) in [4.78, 5) is 49.4. The number of nitrogens with one attached hydrogen (secondary N) is 3. The fourth-order valence-corrected chi connectivity index (χ4v) is 2.74. The van der Waals surface area contributed by atoms with Gasteiger partial charge in [-0.3, -0.25) is 19.8 Å². The summed E-state index contributed by atoms with van der Waals surface area (Å²) in [7, 11) is 0. The Hall–Kier alpha value is -3.62. The van der Waals surface area contributed by atoms with Gasteiger partial charge in [0.2, 0.25) is 5.91 Å². The molecule has 9 heteroatoms. The van der Waals surface area contributed by atoms with E-state index in [9.17, 15) is 19.2 Å². The molecule has 3 N–H and O–H groups in total. The molecule has 140 valence electrons. The monoisotopic (exact) mass is 370 g/mol. The van der Waals surface area contributed by atoms with Gasteiger partial charge in [-0.2, -0.15) is 0 Å². The predicted octanol–water partition coefficient (Wildman–Crippen LogP) is 1.07. The standard InChI is InChI=1S/C18H18N4O5/c1-18(12-6-3-2-4-7-12)15(24)22(17(26)21-18)11-14(23)20-16(25)19-10-13-8-5-9-27-13/h2-9H,10-11H2,1H3,(H,21,26)(H2,19,20,23,25)/t18-/m1/s1. The second-order valence-corrected chi connectivity index (χ2v) is 6.12. The van der Waals surface area contributed by atoms with Crippen LogP contribution in [-0.4, -0.2) is 35.3 Å². The minimum atomic E-state index is -1.26. The topological polar surface area (TPSA) is 121 Å². The van der Waals surface area contributed by atoms with E-state index < -0.39 is 36.0 Å². The first-order valence-corrected chi connectivity index (χ1v) is 8.20. The summed E-state index contributed by atoms with van der Waals surface area (Å²) >= 11 is 0. The largest absolute Gasteiger partial charge is 0.467 e. The summed E-state index contributed by atoms with van der Waals surface area (Å²) in [5, 5.41) is 7.10. The minimum absolute atomic E-state index is 0.0985. The van der Waals surface area contributed by atoms with Crippen LogP contribution in [0, 0.1) is 0 Å². The van der Waals surface area contributed by atoms with Crippen molar-refractivity contribution in [3.05, 3.63) is 60.1 Å². The lowest BCUT2D eigenvalue weighted by molar-refractivity contribution is -0.134. The molecule has 0 radical (unpaired) electrons. The summed E-state index contributed by atoms with van der Waals surface area (Å²) in [5.41, 5.74) is -0.664. The van der Waals surface area contributed by atoms with Gasteiger partial charge in [-0.1, -0.05) is 30.3 Å². The van der Waals surface area contributed by atoms with Gasteiger partial charge in [0.25, 0.3) is 5.91 Å². The molecule has 0 bridgehead atoms. The highest BCUT2D eigenvalue weighted by Gasteiger charge is 2.49. The van der Waals surface area contributed by atoms with Crippen LogP contribution >= 0.6 is 0 Å². The zero-order valence-corrected chi connectivity index (χ0v) is 14.5. The van der Waals surface area contributed by atoms with Crippen molar-refractivity contribution >= 4 is 23.9 Å². The first-order valence-electron chi connectivity index (χ1n) is 8.20. The highest BCUT2D eigenvalue weighted by molar-refractivity contribution is 6.10. The zero-order chi connectivity index (χ0) is 19.4. The van der Waals surface area contributed by atoms with Crippen LogP contribution in [0.4, 0.5) is 9.59 Å². The lowest BCUT2D eigenvalue weighted by atomic mass is 9.92. The number of carbonyl (C=O) groups is 4. The van der Waals surface area contributed by atoms with Crippen LogP contribution in [0.3, 0.4) is 0 Å². The number of rotatable bonds is 5. The van der Waals surface area contributed by atoms with E-state index in [2.05, 4.69) is 16.0 Å². The van der Waals surface area contributed by atoms with Crippen molar-refractivity contribution in [2.75, 3.05) is 6.54 Å². The molecule has 0 saturated carbocycles. The van der Waals surface area contributed by atoms with Crippen molar-refractivity contribution in [3.63, 3.8) is 0 Å². The molecule has 1 fully saturated rings. The fourth-order valence-electron chi connectivity index (χ4n) is 2.74. The number of hydrogen-bond donors (Lipinski definition) is 3. The second kappa shape index (κ2) is 7.32. The Balaban J connectivity index is 1.58. The van der Waals surface area contributed by atoms with Gasteiger partial charge in [-0.25, -0.2) is 9.59 Å². The lowest BCUT2D eigenvalue weighted by Gasteiger charge is -2.22. The quantitative estimate of drug-likeness (QED) is 0.680. The van der Waals surface area contributed by atoms with E-state index in [4.69, 9.17) is 4.42 Å². The molecule has 3 rings (SSSR count). The minimum Gasteiger partial charge on any atom is -0.467 e. The van der Waals surface area contributed by atoms with Gasteiger partial charge in [-0.15, -0.1) is 0 Å². The molecule has 2 aromatic rings. The van der Waals surface area contributed by atoms with Gasteiger partial charge >= 0.3 is 12.1 Å². The summed E-state index contributed by atoms with van der Waals surface area (Å²) in [6, 6.07) is 10.6. The van der Waals surface area contributed by atoms with Crippen LogP contribution in [0.25, 0.3) is 0 Å². The van der Waals surface area contributed by atoms with E-state index in [1.54, 1.807) is 49.4 Å². The molecule has 1 aliphatic heterocycles. The molecular formula is C18H18N4O5. The van der Waals surface area contributed by atoms with E-state index in [0.29, 0.717) is 11.3 Å². The van der Waals surface area contributed by atoms with E-state index >= 15 is 0 Å². The number of carbonyl (C=O) groups excluding carboxylic acids is 4. The molecule has 27 heavy (non-hydrogen) atoms. The third kappa shape index (κ3) is 3.81. The Morgan fingerprint density at radius 2 is 1.89 bits per heavy atom.